The van der Waals surface area contributed by atoms with Gasteiger partial charge in [0.25, 0.3) is 5.91 Å². The number of nitrogens with one attached hydrogen (secondary N) is 1. The number of ketones is 1. The number of Topliss-reactive ketones (excluding diaryl/α,β-unsaturated/α-hetero) is 1. The quantitative estimate of drug-likeness (QED) is 0.412. The first kappa shape index (κ1) is 23.0. The summed E-state index contributed by atoms with van der Waals surface area (Å²) in [5.74, 6) is -1.55. The van der Waals surface area contributed by atoms with Gasteiger partial charge in [-0.25, -0.2) is 0 Å². The number of epoxide rings is 1. The Kier molecular flexibility index (Phi) is 5.55. The maximum atomic E-state index is 13.8. The van der Waals surface area contributed by atoms with Gasteiger partial charge in [0.2, 0.25) is 5.60 Å². The maximum Gasteiger partial charge on any atom is 0.310 e. The van der Waals surface area contributed by atoms with Crippen LogP contribution in [0.2, 0.25) is 0 Å². The second kappa shape index (κ2) is 8.19. The van der Waals surface area contributed by atoms with Gasteiger partial charge in [0.1, 0.15) is 0 Å². The number of carbonyl (C=O) groups is 3. The van der Waals surface area contributed by atoms with Crippen molar-refractivity contribution in [2.45, 2.75) is 70.3 Å². The molecule has 3 heterocycles. The average Bonchev–Trinajstić information content (AvgIpc) is 3.43. The van der Waals surface area contributed by atoms with Gasteiger partial charge in [0.15, 0.2) is 5.78 Å². The molecule has 1 amide bonds. The van der Waals surface area contributed by atoms with Gasteiger partial charge in [-0.2, -0.15) is 0 Å². The third-order valence-corrected chi connectivity index (χ3v) is 8.58. The summed E-state index contributed by atoms with van der Waals surface area (Å²) < 4.78 is 12.5. The molecule has 1 aromatic carbocycles. The summed E-state index contributed by atoms with van der Waals surface area (Å²) in [7, 11) is 0. The molecule has 0 aromatic heterocycles. The highest BCUT2D eigenvalue weighted by atomic mass is 16.6. The molecule has 4 aliphatic rings. The van der Waals surface area contributed by atoms with E-state index < -0.39 is 17.5 Å². The van der Waals surface area contributed by atoms with Crippen molar-refractivity contribution >= 4 is 17.7 Å². The number of allylic oxidation sites excluding steroid dienone is 2. The number of carbonyl (C=O) groups excluding carboxylic acids is 3. The van der Waals surface area contributed by atoms with Gasteiger partial charge in [0.05, 0.1) is 24.0 Å². The van der Waals surface area contributed by atoms with Crippen LogP contribution in [0.1, 0.15) is 46.1 Å². The molecular formula is C28H33NO5. The fraction of sp³-hybridized carbons (Fsp3) is 0.536. The van der Waals surface area contributed by atoms with Crippen LogP contribution < -0.4 is 5.32 Å². The van der Waals surface area contributed by atoms with E-state index in [9.17, 15) is 14.4 Å². The minimum atomic E-state index is -1.33. The highest BCUT2D eigenvalue weighted by molar-refractivity contribution is 5.97. The van der Waals surface area contributed by atoms with Gasteiger partial charge in [-0.05, 0) is 43.7 Å². The molecule has 0 bridgehead atoms. The molecule has 6 nitrogen and oxygen atoms in total. The van der Waals surface area contributed by atoms with E-state index in [0.717, 1.165) is 5.56 Å². The zero-order chi connectivity index (χ0) is 24.3. The molecule has 2 saturated heterocycles. The highest BCUT2D eigenvalue weighted by Crippen LogP contribution is 2.63. The number of esters is 1. The summed E-state index contributed by atoms with van der Waals surface area (Å²) >= 11 is 0. The van der Waals surface area contributed by atoms with E-state index in [4.69, 9.17) is 9.47 Å². The monoisotopic (exact) mass is 463 g/mol. The Morgan fingerprint density at radius 2 is 1.85 bits per heavy atom. The zero-order valence-electron chi connectivity index (χ0n) is 20.2. The topological polar surface area (TPSA) is 85.0 Å². The summed E-state index contributed by atoms with van der Waals surface area (Å²) in [6.45, 7) is 7.83. The lowest BCUT2D eigenvalue weighted by Gasteiger charge is -2.46. The molecule has 1 spiro atoms. The number of amides is 1. The van der Waals surface area contributed by atoms with Crippen molar-refractivity contribution < 1.29 is 23.9 Å². The van der Waals surface area contributed by atoms with Crippen molar-refractivity contribution in [3.05, 3.63) is 59.7 Å². The first-order chi connectivity index (χ1) is 16.2. The lowest BCUT2D eigenvalue weighted by molar-refractivity contribution is -0.181. The first-order valence-corrected chi connectivity index (χ1v) is 12.3. The van der Waals surface area contributed by atoms with E-state index in [0.29, 0.717) is 18.4 Å². The average molecular weight is 464 g/mol. The number of rotatable bonds is 2. The van der Waals surface area contributed by atoms with Crippen LogP contribution >= 0.6 is 0 Å². The molecule has 34 heavy (non-hydrogen) atoms. The molecule has 1 saturated carbocycles. The van der Waals surface area contributed by atoms with Gasteiger partial charge < -0.3 is 14.8 Å². The molecule has 180 valence electrons. The second-order valence-electron chi connectivity index (χ2n) is 10.6. The third-order valence-electron chi connectivity index (χ3n) is 8.58. The number of benzene rings is 1. The molecule has 1 N–H and O–H groups in total. The van der Waals surface area contributed by atoms with Crippen molar-refractivity contribution in [1.29, 1.82) is 0 Å². The fourth-order valence-electron chi connectivity index (χ4n) is 6.50. The molecule has 3 aliphatic heterocycles. The van der Waals surface area contributed by atoms with Crippen LogP contribution in [0.4, 0.5) is 0 Å². The van der Waals surface area contributed by atoms with Gasteiger partial charge in [-0.1, -0.05) is 62.4 Å². The van der Waals surface area contributed by atoms with Crippen LogP contribution in [-0.2, 0) is 30.3 Å². The summed E-state index contributed by atoms with van der Waals surface area (Å²) in [6.07, 6.45) is 6.53. The normalized spacial score (nSPS) is 44.1. The minimum Gasteiger partial charge on any atom is -0.448 e. The highest BCUT2D eigenvalue weighted by Gasteiger charge is 2.78. The van der Waals surface area contributed by atoms with E-state index in [1.54, 1.807) is 13.0 Å². The number of hydrogen-bond donors (Lipinski definition) is 1. The Labute approximate surface area is 200 Å². The van der Waals surface area contributed by atoms with Crippen LogP contribution in [0.3, 0.4) is 0 Å². The van der Waals surface area contributed by atoms with Crippen LogP contribution in [0.5, 0.6) is 0 Å². The van der Waals surface area contributed by atoms with Crippen molar-refractivity contribution in [3.63, 3.8) is 0 Å². The third kappa shape index (κ3) is 3.46. The first-order valence-electron chi connectivity index (χ1n) is 12.3. The molecule has 1 aliphatic carbocycles. The standard InChI is InChI=1S/C28H33NO5/c1-16-9-8-12-20-25-27(4,34-25)18(3)23-21(15-19-10-6-5-7-11-19)29-26(32)28(20,23)33-22(30)14-13-17(2)24(16)31/h5-8,10-13,16,18,20-21,23,25H,9,14-15H2,1-4H3,(H,29,32)/b12-8+,17-13+/t16-,18-,20+,21-,23-,25-,27+,28+/m1/s1. The number of fused-ring (bicyclic) bond motifs is 2. The van der Waals surface area contributed by atoms with Crippen molar-refractivity contribution in [2.75, 3.05) is 0 Å². The van der Waals surface area contributed by atoms with E-state index in [1.165, 1.54) is 0 Å². The van der Waals surface area contributed by atoms with Gasteiger partial charge in [0, 0.05) is 17.9 Å². The lowest BCUT2D eigenvalue weighted by atomic mass is 9.59. The lowest BCUT2D eigenvalue weighted by Crippen LogP contribution is -2.61. The van der Waals surface area contributed by atoms with E-state index in [2.05, 4.69) is 31.3 Å². The van der Waals surface area contributed by atoms with Crippen molar-refractivity contribution in [2.24, 2.45) is 23.7 Å². The van der Waals surface area contributed by atoms with Crippen molar-refractivity contribution in [1.82, 2.24) is 5.32 Å². The molecule has 6 heteroatoms. The van der Waals surface area contributed by atoms with Crippen LogP contribution in [0.15, 0.2) is 54.1 Å². The summed E-state index contributed by atoms with van der Waals surface area (Å²) in [5.41, 5.74) is -0.0388. The van der Waals surface area contributed by atoms with Crippen LogP contribution in [0.25, 0.3) is 0 Å². The number of ether oxygens (including phenoxy) is 2. The molecular weight excluding hydrogens is 430 g/mol. The fourth-order valence-corrected chi connectivity index (χ4v) is 6.50. The summed E-state index contributed by atoms with van der Waals surface area (Å²) in [5, 5.41) is 3.21. The van der Waals surface area contributed by atoms with Crippen LogP contribution in [0, 0.1) is 23.7 Å². The zero-order valence-corrected chi connectivity index (χ0v) is 20.2. The largest absolute Gasteiger partial charge is 0.448 e. The van der Waals surface area contributed by atoms with Gasteiger partial charge in [-0.15, -0.1) is 0 Å². The smallest absolute Gasteiger partial charge is 0.310 e. The molecule has 0 radical (unpaired) electrons. The summed E-state index contributed by atoms with van der Waals surface area (Å²) in [4.78, 5) is 39.5. The molecule has 0 unspecified atom stereocenters. The predicted octanol–water partition coefficient (Wildman–Crippen LogP) is 3.55. The van der Waals surface area contributed by atoms with Crippen LogP contribution in [-0.4, -0.2) is 41.0 Å². The van der Waals surface area contributed by atoms with Gasteiger partial charge in [-0.3, -0.25) is 14.4 Å². The number of hydrogen-bond acceptors (Lipinski definition) is 5. The molecule has 8 atom stereocenters. The molecule has 3 fully saturated rings. The minimum absolute atomic E-state index is 0.00768. The predicted molar refractivity (Wildman–Crippen MR) is 127 cm³/mol. The van der Waals surface area contributed by atoms with E-state index in [1.807, 2.05) is 37.3 Å². The van der Waals surface area contributed by atoms with Gasteiger partial charge >= 0.3 is 5.97 Å². The summed E-state index contributed by atoms with van der Waals surface area (Å²) in [6, 6.07) is 9.89. The Bertz CT molecular complexity index is 1080. The van der Waals surface area contributed by atoms with E-state index in [-0.39, 0.29) is 53.6 Å². The Hall–Kier alpha value is -2.73. The Morgan fingerprint density at radius 3 is 2.59 bits per heavy atom. The second-order valence-corrected chi connectivity index (χ2v) is 10.6. The van der Waals surface area contributed by atoms with Crippen molar-refractivity contribution in [3.8, 4) is 0 Å². The Balaban J connectivity index is 1.58. The molecule has 1 aromatic rings. The van der Waals surface area contributed by atoms with E-state index >= 15 is 0 Å². The Morgan fingerprint density at radius 1 is 1.12 bits per heavy atom. The SMILES string of the molecule is C/C1=C\CC(=O)O[C@]23C(=O)N[C@H](Cc4ccccc4)[C@H]2[C@@H](C)[C@]2(C)O[C@@H]2[C@@H]3/C=C/C[C@@H](C)C1=O. The maximum absolute atomic E-state index is 13.8. The molecule has 5 rings (SSSR count).